The summed E-state index contributed by atoms with van der Waals surface area (Å²) >= 11 is 6.03. The maximum Gasteiger partial charge on any atom is 0.121 e. The van der Waals surface area contributed by atoms with Gasteiger partial charge in [-0.3, -0.25) is 0 Å². The summed E-state index contributed by atoms with van der Waals surface area (Å²) in [6, 6.07) is 5.37. The predicted octanol–water partition coefficient (Wildman–Crippen LogP) is 1.68. The Hall–Kier alpha value is -0.970. The number of benzene rings is 1. The molecule has 0 aliphatic carbocycles. The topological polar surface area (TPSA) is 44.7 Å². The van der Waals surface area contributed by atoms with Crippen molar-refractivity contribution in [3.8, 4) is 5.75 Å². The van der Waals surface area contributed by atoms with E-state index in [0.717, 1.165) is 11.4 Å². The fourth-order valence-electron chi connectivity index (χ4n) is 1.48. The number of ether oxygens (including phenoxy) is 1. The number of nitrogens with zero attached hydrogens (tertiary/aromatic N) is 1. The van der Waals surface area contributed by atoms with Crippen molar-refractivity contribution < 1.29 is 9.84 Å². The molecule has 1 aromatic rings. The second-order valence-corrected chi connectivity index (χ2v) is 4.55. The van der Waals surface area contributed by atoms with Crippen LogP contribution in [-0.2, 0) is 0 Å². The maximum atomic E-state index is 9.72. The molecule has 17 heavy (non-hydrogen) atoms. The van der Waals surface area contributed by atoms with E-state index >= 15 is 0 Å². The van der Waals surface area contributed by atoms with Crippen molar-refractivity contribution in [2.24, 2.45) is 0 Å². The van der Waals surface area contributed by atoms with Crippen LogP contribution in [0.2, 0.25) is 5.02 Å². The maximum absolute atomic E-state index is 9.72. The first-order valence-corrected chi connectivity index (χ1v) is 5.81. The van der Waals surface area contributed by atoms with Gasteiger partial charge in [0.15, 0.2) is 0 Å². The molecule has 4 nitrogen and oxygen atoms in total. The molecular formula is C12H19ClN2O2. The molecule has 0 amide bonds. The fraction of sp³-hybridized carbons (Fsp3) is 0.500. The second kappa shape index (κ2) is 6.69. The number of hydrogen-bond acceptors (Lipinski definition) is 4. The van der Waals surface area contributed by atoms with Crippen LogP contribution in [0.4, 0.5) is 5.69 Å². The van der Waals surface area contributed by atoms with E-state index in [2.05, 4.69) is 5.32 Å². The Morgan fingerprint density at radius 1 is 1.47 bits per heavy atom. The Morgan fingerprint density at radius 2 is 2.18 bits per heavy atom. The smallest absolute Gasteiger partial charge is 0.121 e. The lowest BCUT2D eigenvalue weighted by molar-refractivity contribution is 0.148. The van der Waals surface area contributed by atoms with Crippen LogP contribution in [0.3, 0.4) is 0 Å². The Bertz CT molecular complexity index is 358. The number of likely N-dealkylation sites (N-methyl/N-ethyl adjacent to an activating group) is 1. The fourth-order valence-corrected chi connectivity index (χ4v) is 1.67. The van der Waals surface area contributed by atoms with E-state index in [4.69, 9.17) is 16.3 Å². The number of aliphatic hydroxyl groups is 1. The molecule has 2 N–H and O–H groups in total. The number of hydrogen-bond donors (Lipinski definition) is 2. The third kappa shape index (κ3) is 4.81. The van der Waals surface area contributed by atoms with Crippen LogP contribution in [0.1, 0.15) is 0 Å². The highest BCUT2D eigenvalue weighted by molar-refractivity contribution is 6.33. The van der Waals surface area contributed by atoms with Gasteiger partial charge >= 0.3 is 0 Å². The number of aliphatic hydroxyl groups excluding tert-OH is 1. The molecule has 5 heteroatoms. The first-order valence-electron chi connectivity index (χ1n) is 5.43. The summed E-state index contributed by atoms with van der Waals surface area (Å²) < 4.78 is 5.11. The molecule has 0 radical (unpaired) electrons. The second-order valence-electron chi connectivity index (χ2n) is 4.14. The van der Waals surface area contributed by atoms with Crippen LogP contribution in [0.5, 0.6) is 5.75 Å². The first-order chi connectivity index (χ1) is 8.02. The van der Waals surface area contributed by atoms with Crippen LogP contribution < -0.4 is 10.1 Å². The summed E-state index contributed by atoms with van der Waals surface area (Å²) in [4.78, 5) is 1.93. The highest BCUT2D eigenvalue weighted by Crippen LogP contribution is 2.26. The number of methoxy groups -OCH3 is 1. The molecular weight excluding hydrogens is 240 g/mol. The average molecular weight is 259 g/mol. The van der Waals surface area contributed by atoms with Gasteiger partial charge in [0.1, 0.15) is 5.75 Å². The zero-order chi connectivity index (χ0) is 12.8. The SMILES string of the molecule is COc1ccc(Cl)c(NCC(O)CN(C)C)c1. The zero-order valence-electron chi connectivity index (χ0n) is 10.4. The molecule has 0 saturated heterocycles. The van der Waals surface area contributed by atoms with Crippen molar-refractivity contribution >= 4 is 17.3 Å². The number of halogens is 1. The normalized spacial score (nSPS) is 12.6. The largest absolute Gasteiger partial charge is 0.497 e. The van der Waals surface area contributed by atoms with E-state index < -0.39 is 6.10 Å². The Morgan fingerprint density at radius 3 is 2.76 bits per heavy atom. The quantitative estimate of drug-likeness (QED) is 0.815. The predicted molar refractivity (Wildman–Crippen MR) is 71.1 cm³/mol. The van der Waals surface area contributed by atoms with Crippen LogP contribution in [0, 0.1) is 0 Å². The number of rotatable bonds is 6. The molecule has 0 aliphatic rings. The summed E-state index contributed by atoms with van der Waals surface area (Å²) in [6.07, 6.45) is -0.438. The van der Waals surface area contributed by atoms with E-state index in [1.807, 2.05) is 25.1 Å². The minimum absolute atomic E-state index is 0.438. The van der Waals surface area contributed by atoms with Crippen LogP contribution >= 0.6 is 11.6 Å². The Labute approximate surface area is 107 Å². The first kappa shape index (κ1) is 14.1. The van der Waals surface area contributed by atoms with E-state index in [9.17, 15) is 5.11 Å². The van der Waals surface area contributed by atoms with E-state index in [-0.39, 0.29) is 0 Å². The molecule has 0 heterocycles. The third-order valence-electron chi connectivity index (χ3n) is 2.28. The van der Waals surface area contributed by atoms with Gasteiger partial charge in [-0.1, -0.05) is 11.6 Å². The summed E-state index contributed by atoms with van der Waals surface area (Å²) in [5.41, 5.74) is 0.767. The third-order valence-corrected chi connectivity index (χ3v) is 2.61. The molecule has 1 aromatic carbocycles. The van der Waals surface area contributed by atoms with Crippen molar-refractivity contribution in [1.82, 2.24) is 4.90 Å². The Balaban J connectivity index is 2.56. The van der Waals surface area contributed by atoms with E-state index in [1.54, 1.807) is 19.2 Å². The van der Waals surface area contributed by atoms with Crippen LogP contribution in [0.25, 0.3) is 0 Å². The van der Waals surface area contributed by atoms with Crippen LogP contribution in [-0.4, -0.2) is 50.4 Å². The van der Waals surface area contributed by atoms with Crippen molar-refractivity contribution in [3.63, 3.8) is 0 Å². The minimum Gasteiger partial charge on any atom is -0.497 e. The molecule has 0 fully saturated rings. The molecule has 1 unspecified atom stereocenters. The molecule has 0 saturated carbocycles. The lowest BCUT2D eigenvalue weighted by Gasteiger charge is -2.17. The van der Waals surface area contributed by atoms with Gasteiger partial charge in [-0.05, 0) is 26.2 Å². The van der Waals surface area contributed by atoms with Crippen molar-refractivity contribution in [2.75, 3.05) is 39.6 Å². The lowest BCUT2D eigenvalue weighted by atomic mass is 10.2. The lowest BCUT2D eigenvalue weighted by Crippen LogP contribution is -2.31. The molecule has 0 bridgehead atoms. The van der Waals surface area contributed by atoms with Gasteiger partial charge in [0.2, 0.25) is 0 Å². The van der Waals surface area contributed by atoms with Crippen molar-refractivity contribution in [1.29, 1.82) is 0 Å². The molecule has 96 valence electrons. The van der Waals surface area contributed by atoms with Crippen molar-refractivity contribution in [3.05, 3.63) is 23.2 Å². The molecule has 1 rings (SSSR count). The number of anilines is 1. The summed E-state index contributed by atoms with van der Waals surface area (Å²) in [7, 11) is 5.44. The Kier molecular flexibility index (Phi) is 5.55. The molecule has 0 aliphatic heterocycles. The van der Waals surface area contributed by atoms with Crippen LogP contribution in [0.15, 0.2) is 18.2 Å². The van der Waals surface area contributed by atoms with Gasteiger partial charge in [-0.15, -0.1) is 0 Å². The average Bonchev–Trinajstić information content (AvgIpc) is 2.27. The minimum atomic E-state index is -0.438. The van der Waals surface area contributed by atoms with E-state index in [0.29, 0.717) is 18.1 Å². The summed E-state index contributed by atoms with van der Waals surface area (Å²) in [5, 5.41) is 13.4. The van der Waals surface area contributed by atoms with Crippen molar-refractivity contribution in [2.45, 2.75) is 6.10 Å². The molecule has 0 aromatic heterocycles. The standard InChI is InChI=1S/C12H19ClN2O2/c1-15(2)8-9(16)7-14-12-6-10(17-3)4-5-11(12)13/h4-6,9,14,16H,7-8H2,1-3H3. The zero-order valence-corrected chi connectivity index (χ0v) is 11.2. The molecule has 1 atom stereocenters. The monoisotopic (exact) mass is 258 g/mol. The van der Waals surface area contributed by atoms with Gasteiger partial charge in [0.05, 0.1) is 23.9 Å². The molecule has 0 spiro atoms. The van der Waals surface area contributed by atoms with Gasteiger partial charge in [-0.2, -0.15) is 0 Å². The summed E-state index contributed by atoms with van der Waals surface area (Å²) in [5.74, 6) is 0.735. The number of nitrogens with one attached hydrogen (secondary N) is 1. The van der Waals surface area contributed by atoms with Gasteiger partial charge in [-0.25, -0.2) is 0 Å². The summed E-state index contributed by atoms with van der Waals surface area (Å²) in [6.45, 7) is 1.06. The highest BCUT2D eigenvalue weighted by Gasteiger charge is 2.07. The van der Waals surface area contributed by atoms with Gasteiger partial charge in [0, 0.05) is 19.2 Å². The van der Waals surface area contributed by atoms with Gasteiger partial charge in [0.25, 0.3) is 0 Å². The highest BCUT2D eigenvalue weighted by atomic mass is 35.5. The van der Waals surface area contributed by atoms with Gasteiger partial charge < -0.3 is 20.1 Å². The van der Waals surface area contributed by atoms with E-state index in [1.165, 1.54) is 0 Å².